The van der Waals surface area contributed by atoms with Crippen LogP contribution >= 0.6 is 15.9 Å². The summed E-state index contributed by atoms with van der Waals surface area (Å²) in [6.45, 7) is 1.59. The van der Waals surface area contributed by atoms with E-state index in [-0.39, 0.29) is 10.5 Å². The maximum atomic E-state index is 12.2. The lowest BCUT2D eigenvalue weighted by Gasteiger charge is -2.12. The number of carboxylic acids is 1. The van der Waals surface area contributed by atoms with Crippen molar-refractivity contribution in [2.45, 2.75) is 17.9 Å². The summed E-state index contributed by atoms with van der Waals surface area (Å²) in [7, 11) is -3.88. The summed E-state index contributed by atoms with van der Waals surface area (Å²) in [6, 6.07) is 3.14. The number of H-pyrrole nitrogens is 1. The number of hydrogen-bond acceptors (Lipinski definition) is 5. The summed E-state index contributed by atoms with van der Waals surface area (Å²) in [5.74, 6) is -0.864. The zero-order valence-electron chi connectivity index (χ0n) is 10.7. The maximum Gasteiger partial charge on any atom is 0.336 e. The average Bonchev–Trinajstić information content (AvgIpc) is 2.92. The van der Waals surface area contributed by atoms with Gasteiger partial charge in [0.2, 0.25) is 10.0 Å². The van der Waals surface area contributed by atoms with Crippen LogP contribution in [-0.2, 0) is 10.0 Å². The Balaban J connectivity index is 2.32. The van der Waals surface area contributed by atoms with Crippen molar-refractivity contribution in [2.24, 2.45) is 0 Å². The smallest absolute Gasteiger partial charge is 0.336 e. The summed E-state index contributed by atoms with van der Waals surface area (Å²) in [5.41, 5.74) is -0.134. The molecule has 2 aromatic rings. The number of aromatic carboxylic acids is 1. The second kappa shape index (κ2) is 5.92. The molecule has 8 nitrogen and oxygen atoms in total. The van der Waals surface area contributed by atoms with Gasteiger partial charge in [0.1, 0.15) is 12.2 Å². The fraction of sp³-hybridized carbons (Fsp3) is 0.182. The number of nitrogens with zero attached hydrogens (tertiary/aromatic N) is 2. The number of halogens is 1. The van der Waals surface area contributed by atoms with Crippen molar-refractivity contribution in [3.63, 3.8) is 0 Å². The van der Waals surface area contributed by atoms with Crippen molar-refractivity contribution in [2.75, 3.05) is 0 Å². The minimum atomic E-state index is -3.88. The van der Waals surface area contributed by atoms with Crippen LogP contribution in [0.15, 0.2) is 33.9 Å². The summed E-state index contributed by atoms with van der Waals surface area (Å²) in [6.07, 6.45) is 1.27. The molecule has 1 unspecified atom stereocenters. The van der Waals surface area contributed by atoms with E-state index < -0.39 is 22.0 Å². The number of carboxylic acid groups (broad SMARTS) is 1. The minimum Gasteiger partial charge on any atom is -0.478 e. The van der Waals surface area contributed by atoms with Crippen molar-refractivity contribution in [1.29, 1.82) is 0 Å². The van der Waals surface area contributed by atoms with E-state index in [2.05, 4.69) is 35.8 Å². The SMILES string of the molecule is CC(NS(=O)(=O)c1ccc(Br)c(C(=O)O)c1)c1ncn[nH]1. The van der Waals surface area contributed by atoms with Gasteiger partial charge in [-0.1, -0.05) is 0 Å². The van der Waals surface area contributed by atoms with E-state index in [4.69, 9.17) is 5.11 Å². The first-order chi connectivity index (χ1) is 9.81. The van der Waals surface area contributed by atoms with Gasteiger partial charge in [0.25, 0.3) is 0 Å². The van der Waals surface area contributed by atoms with Crippen LogP contribution in [-0.4, -0.2) is 34.7 Å². The highest BCUT2D eigenvalue weighted by Crippen LogP contribution is 2.22. The van der Waals surface area contributed by atoms with Crippen LogP contribution in [0.25, 0.3) is 0 Å². The molecule has 1 atom stereocenters. The molecule has 112 valence electrons. The van der Waals surface area contributed by atoms with Gasteiger partial charge in [-0.05, 0) is 41.1 Å². The molecule has 0 radical (unpaired) electrons. The van der Waals surface area contributed by atoms with Gasteiger partial charge in [-0.15, -0.1) is 0 Å². The highest BCUT2D eigenvalue weighted by atomic mass is 79.9. The largest absolute Gasteiger partial charge is 0.478 e. The Morgan fingerprint density at radius 1 is 1.48 bits per heavy atom. The molecule has 2 rings (SSSR count). The van der Waals surface area contributed by atoms with Crippen LogP contribution in [0.2, 0.25) is 0 Å². The molecule has 0 spiro atoms. The Morgan fingerprint density at radius 2 is 2.19 bits per heavy atom. The maximum absolute atomic E-state index is 12.2. The second-order valence-electron chi connectivity index (χ2n) is 4.16. The molecule has 0 fully saturated rings. The number of rotatable bonds is 5. The number of hydrogen-bond donors (Lipinski definition) is 3. The number of sulfonamides is 1. The predicted molar refractivity (Wildman–Crippen MR) is 76.2 cm³/mol. The van der Waals surface area contributed by atoms with Gasteiger partial charge in [-0.2, -0.15) is 5.10 Å². The predicted octanol–water partition coefficient (Wildman–Crippen LogP) is 1.30. The van der Waals surface area contributed by atoms with Crippen LogP contribution in [0.5, 0.6) is 0 Å². The number of nitrogens with one attached hydrogen (secondary N) is 2. The van der Waals surface area contributed by atoms with Crippen LogP contribution in [0.4, 0.5) is 0 Å². The van der Waals surface area contributed by atoms with Gasteiger partial charge in [0, 0.05) is 4.47 Å². The third-order valence-corrected chi connectivity index (χ3v) is 4.88. The molecular weight excluding hydrogens is 364 g/mol. The lowest BCUT2D eigenvalue weighted by atomic mass is 10.2. The van der Waals surface area contributed by atoms with Crippen LogP contribution in [0, 0.1) is 0 Å². The molecule has 0 aliphatic carbocycles. The van der Waals surface area contributed by atoms with E-state index in [1.54, 1.807) is 6.92 Å². The molecule has 0 amide bonds. The zero-order valence-corrected chi connectivity index (χ0v) is 13.1. The number of aromatic amines is 1. The quantitative estimate of drug-likeness (QED) is 0.724. The zero-order chi connectivity index (χ0) is 15.6. The normalized spacial score (nSPS) is 13.0. The first-order valence-corrected chi connectivity index (χ1v) is 7.99. The van der Waals surface area contributed by atoms with E-state index in [9.17, 15) is 13.2 Å². The van der Waals surface area contributed by atoms with Crippen LogP contribution < -0.4 is 4.72 Å². The fourth-order valence-electron chi connectivity index (χ4n) is 1.62. The summed E-state index contributed by atoms with van der Waals surface area (Å²) < 4.78 is 27.2. The second-order valence-corrected chi connectivity index (χ2v) is 6.73. The molecule has 0 aliphatic rings. The standard InChI is InChI=1S/C11H11BrN4O4S/c1-6(10-13-5-14-15-10)16-21(19,20)7-2-3-9(12)8(4-7)11(17)18/h2-6,16H,1H3,(H,17,18)(H,13,14,15). The van der Waals surface area contributed by atoms with Crippen molar-refractivity contribution < 1.29 is 18.3 Å². The Kier molecular flexibility index (Phi) is 4.40. The van der Waals surface area contributed by atoms with Crippen molar-refractivity contribution >= 4 is 31.9 Å². The number of carbonyl (C=O) groups is 1. The van der Waals surface area contributed by atoms with Crippen LogP contribution in [0.1, 0.15) is 29.1 Å². The average molecular weight is 375 g/mol. The van der Waals surface area contributed by atoms with Gasteiger partial charge in [0.05, 0.1) is 16.5 Å². The lowest BCUT2D eigenvalue weighted by Crippen LogP contribution is -2.27. The highest BCUT2D eigenvalue weighted by Gasteiger charge is 2.22. The van der Waals surface area contributed by atoms with E-state index >= 15 is 0 Å². The van der Waals surface area contributed by atoms with Crippen molar-refractivity contribution in [1.82, 2.24) is 19.9 Å². The molecule has 1 aromatic carbocycles. The Bertz CT molecular complexity index is 761. The van der Waals surface area contributed by atoms with Gasteiger partial charge < -0.3 is 5.11 Å². The van der Waals surface area contributed by atoms with E-state index in [1.807, 2.05) is 0 Å². The summed E-state index contributed by atoms with van der Waals surface area (Å²) in [4.78, 5) is 14.8. The topological polar surface area (TPSA) is 125 Å². The Hall–Kier alpha value is -1.78. The minimum absolute atomic E-state index is 0.134. The molecule has 21 heavy (non-hydrogen) atoms. The summed E-state index contributed by atoms with van der Waals surface area (Å²) in [5, 5.41) is 15.2. The first kappa shape index (κ1) is 15.6. The van der Waals surface area contributed by atoms with Crippen molar-refractivity contribution in [3.8, 4) is 0 Å². The summed E-state index contributed by atoms with van der Waals surface area (Å²) >= 11 is 3.06. The highest BCUT2D eigenvalue weighted by molar-refractivity contribution is 9.10. The monoisotopic (exact) mass is 374 g/mol. The lowest BCUT2D eigenvalue weighted by molar-refractivity contribution is 0.0695. The van der Waals surface area contributed by atoms with Gasteiger partial charge >= 0.3 is 5.97 Å². The molecule has 10 heteroatoms. The molecule has 0 bridgehead atoms. The first-order valence-electron chi connectivity index (χ1n) is 5.71. The molecule has 0 saturated carbocycles. The third kappa shape index (κ3) is 3.46. The Morgan fingerprint density at radius 3 is 2.76 bits per heavy atom. The molecule has 1 heterocycles. The Labute approximate surface area is 128 Å². The molecular formula is C11H11BrN4O4S. The molecule has 0 saturated heterocycles. The number of aromatic nitrogens is 3. The molecule has 1 aromatic heterocycles. The van der Waals surface area contributed by atoms with E-state index in [0.29, 0.717) is 10.3 Å². The molecule has 0 aliphatic heterocycles. The fourth-order valence-corrected chi connectivity index (χ4v) is 3.27. The van der Waals surface area contributed by atoms with Gasteiger partial charge in [-0.25, -0.2) is 22.9 Å². The van der Waals surface area contributed by atoms with Crippen LogP contribution in [0.3, 0.4) is 0 Å². The molecule has 3 N–H and O–H groups in total. The van der Waals surface area contributed by atoms with Crippen molar-refractivity contribution in [3.05, 3.63) is 40.4 Å². The van der Waals surface area contributed by atoms with Gasteiger partial charge in [-0.3, -0.25) is 5.10 Å². The van der Waals surface area contributed by atoms with E-state index in [1.165, 1.54) is 18.5 Å². The van der Waals surface area contributed by atoms with E-state index in [0.717, 1.165) is 6.07 Å². The third-order valence-electron chi connectivity index (χ3n) is 2.65. The number of benzene rings is 1. The van der Waals surface area contributed by atoms with Gasteiger partial charge in [0.15, 0.2) is 0 Å².